The maximum absolute atomic E-state index is 12.3. The summed E-state index contributed by atoms with van der Waals surface area (Å²) in [7, 11) is 0. The predicted octanol–water partition coefficient (Wildman–Crippen LogP) is 2.39. The van der Waals surface area contributed by atoms with E-state index in [2.05, 4.69) is 10.4 Å². The second kappa shape index (κ2) is 5.43. The monoisotopic (exact) mass is 289 g/mol. The van der Waals surface area contributed by atoms with Gasteiger partial charge >= 0.3 is 6.18 Å². The number of nitrogens with one attached hydrogen (secondary N) is 1. The standard InChI is InChI=1S/C11H10F3N3OS/c12-11(13,14)9-3-5-17(16-9)6-4-15-10(18)8-2-1-7-19-8/h1-3,5,7H,4,6H2,(H,15,18). The third kappa shape index (κ3) is 3.57. The van der Waals surface area contributed by atoms with Gasteiger partial charge in [-0.1, -0.05) is 6.07 Å². The number of amides is 1. The minimum absolute atomic E-state index is 0.188. The number of alkyl halides is 3. The van der Waals surface area contributed by atoms with E-state index < -0.39 is 11.9 Å². The lowest BCUT2D eigenvalue weighted by Crippen LogP contribution is -2.26. The highest BCUT2D eigenvalue weighted by Crippen LogP contribution is 2.27. The van der Waals surface area contributed by atoms with Crippen molar-refractivity contribution in [1.82, 2.24) is 15.1 Å². The van der Waals surface area contributed by atoms with Crippen LogP contribution in [-0.2, 0) is 12.7 Å². The minimum atomic E-state index is -4.44. The first-order chi connectivity index (χ1) is 8.97. The van der Waals surface area contributed by atoms with E-state index >= 15 is 0 Å². The molecule has 0 aliphatic carbocycles. The first kappa shape index (κ1) is 13.6. The topological polar surface area (TPSA) is 46.9 Å². The Bertz CT molecular complexity index is 548. The highest BCUT2D eigenvalue weighted by Gasteiger charge is 2.33. The van der Waals surface area contributed by atoms with Crippen LogP contribution in [0.25, 0.3) is 0 Å². The van der Waals surface area contributed by atoms with Crippen molar-refractivity contribution in [2.75, 3.05) is 6.54 Å². The second-order valence-corrected chi connectivity index (χ2v) is 4.64. The van der Waals surface area contributed by atoms with Gasteiger partial charge in [0.05, 0.1) is 11.4 Å². The molecule has 0 saturated heterocycles. The van der Waals surface area contributed by atoms with Crippen molar-refractivity contribution in [2.24, 2.45) is 0 Å². The Balaban J connectivity index is 1.83. The van der Waals surface area contributed by atoms with E-state index in [1.54, 1.807) is 17.5 Å². The Morgan fingerprint density at radius 3 is 2.79 bits per heavy atom. The van der Waals surface area contributed by atoms with Gasteiger partial charge in [-0.05, 0) is 17.5 Å². The highest BCUT2D eigenvalue weighted by atomic mass is 32.1. The van der Waals surface area contributed by atoms with Crippen molar-refractivity contribution in [3.8, 4) is 0 Å². The summed E-state index contributed by atoms with van der Waals surface area (Å²) in [4.78, 5) is 12.1. The third-order valence-electron chi connectivity index (χ3n) is 2.30. The Morgan fingerprint density at radius 2 is 2.21 bits per heavy atom. The summed E-state index contributed by atoms with van der Waals surface area (Å²) < 4.78 is 38.0. The number of carbonyl (C=O) groups is 1. The van der Waals surface area contributed by atoms with Crippen molar-refractivity contribution >= 4 is 17.2 Å². The summed E-state index contributed by atoms with van der Waals surface area (Å²) in [5.41, 5.74) is -0.933. The van der Waals surface area contributed by atoms with Crippen LogP contribution in [0.1, 0.15) is 15.4 Å². The first-order valence-electron chi connectivity index (χ1n) is 5.39. The maximum atomic E-state index is 12.3. The number of halogens is 3. The van der Waals surface area contributed by atoms with Crippen LogP contribution in [0.4, 0.5) is 13.2 Å². The van der Waals surface area contributed by atoms with Gasteiger partial charge in [0, 0.05) is 12.7 Å². The van der Waals surface area contributed by atoms with Gasteiger partial charge in [0.25, 0.3) is 5.91 Å². The molecule has 2 heterocycles. The van der Waals surface area contributed by atoms with E-state index in [0.717, 1.165) is 10.7 Å². The predicted molar refractivity (Wildman–Crippen MR) is 63.9 cm³/mol. The number of thiophene rings is 1. The van der Waals surface area contributed by atoms with Gasteiger partial charge in [-0.2, -0.15) is 18.3 Å². The average molecular weight is 289 g/mol. The molecule has 0 spiro atoms. The molecule has 8 heteroatoms. The normalized spacial score (nSPS) is 11.5. The summed E-state index contributed by atoms with van der Waals surface area (Å²) in [5.74, 6) is -0.238. The zero-order valence-electron chi connectivity index (χ0n) is 9.65. The van der Waals surface area contributed by atoms with E-state index in [0.29, 0.717) is 4.88 Å². The SMILES string of the molecule is O=C(NCCn1ccc(C(F)(F)F)n1)c1cccs1. The Morgan fingerprint density at radius 1 is 1.42 bits per heavy atom. The molecule has 4 nitrogen and oxygen atoms in total. The van der Waals surface area contributed by atoms with E-state index in [9.17, 15) is 18.0 Å². The molecule has 1 N–H and O–H groups in total. The molecule has 0 radical (unpaired) electrons. The van der Waals surface area contributed by atoms with Crippen molar-refractivity contribution in [1.29, 1.82) is 0 Å². The van der Waals surface area contributed by atoms with Crippen molar-refractivity contribution in [2.45, 2.75) is 12.7 Å². The number of hydrogen-bond donors (Lipinski definition) is 1. The van der Waals surface area contributed by atoms with E-state index in [1.165, 1.54) is 17.5 Å². The molecule has 0 bridgehead atoms. The van der Waals surface area contributed by atoms with E-state index in [-0.39, 0.29) is 19.0 Å². The number of carbonyl (C=O) groups excluding carboxylic acids is 1. The molecule has 0 fully saturated rings. The molecule has 2 rings (SSSR count). The lowest BCUT2D eigenvalue weighted by Gasteiger charge is -2.04. The van der Waals surface area contributed by atoms with Crippen LogP contribution in [0.15, 0.2) is 29.8 Å². The Hall–Kier alpha value is -1.83. The molecule has 19 heavy (non-hydrogen) atoms. The van der Waals surface area contributed by atoms with E-state index in [4.69, 9.17) is 0 Å². The van der Waals surface area contributed by atoms with Crippen LogP contribution >= 0.6 is 11.3 Å². The fourth-order valence-electron chi connectivity index (χ4n) is 1.42. The van der Waals surface area contributed by atoms with Gasteiger partial charge in [0.15, 0.2) is 5.69 Å². The van der Waals surface area contributed by atoms with Gasteiger partial charge < -0.3 is 5.32 Å². The molecule has 2 aromatic heterocycles. The van der Waals surface area contributed by atoms with Gasteiger partial charge in [-0.15, -0.1) is 11.3 Å². The molecule has 0 aliphatic rings. The van der Waals surface area contributed by atoms with Crippen LogP contribution < -0.4 is 5.32 Å². The molecule has 0 aromatic carbocycles. The molecule has 0 saturated carbocycles. The van der Waals surface area contributed by atoms with Crippen LogP contribution in [0.3, 0.4) is 0 Å². The molecule has 2 aromatic rings. The summed E-state index contributed by atoms with van der Waals surface area (Å²) in [6.45, 7) is 0.406. The number of hydrogen-bond acceptors (Lipinski definition) is 3. The first-order valence-corrected chi connectivity index (χ1v) is 6.27. The van der Waals surface area contributed by atoms with Crippen molar-refractivity contribution in [3.63, 3.8) is 0 Å². The molecular formula is C11H10F3N3OS. The molecular weight excluding hydrogens is 279 g/mol. The zero-order valence-corrected chi connectivity index (χ0v) is 10.5. The van der Waals surface area contributed by atoms with Gasteiger partial charge in [0.2, 0.25) is 0 Å². The third-order valence-corrected chi connectivity index (χ3v) is 3.17. The smallest absolute Gasteiger partial charge is 0.349 e. The lowest BCUT2D eigenvalue weighted by molar-refractivity contribution is -0.141. The van der Waals surface area contributed by atoms with E-state index in [1.807, 2.05) is 0 Å². The maximum Gasteiger partial charge on any atom is 0.435 e. The second-order valence-electron chi connectivity index (χ2n) is 3.70. The van der Waals surface area contributed by atoms with Crippen LogP contribution in [0.2, 0.25) is 0 Å². The van der Waals surface area contributed by atoms with Crippen molar-refractivity contribution in [3.05, 3.63) is 40.3 Å². The lowest BCUT2D eigenvalue weighted by atomic mass is 10.4. The Kier molecular flexibility index (Phi) is 3.89. The van der Waals surface area contributed by atoms with Crippen molar-refractivity contribution < 1.29 is 18.0 Å². The van der Waals surface area contributed by atoms with Gasteiger partial charge in [0.1, 0.15) is 0 Å². The minimum Gasteiger partial charge on any atom is -0.349 e. The molecule has 0 unspecified atom stereocenters. The zero-order chi connectivity index (χ0) is 13.9. The fourth-order valence-corrected chi connectivity index (χ4v) is 2.06. The highest BCUT2D eigenvalue weighted by molar-refractivity contribution is 7.12. The molecule has 0 aliphatic heterocycles. The molecule has 1 amide bonds. The average Bonchev–Trinajstić information content (AvgIpc) is 2.99. The quantitative estimate of drug-likeness (QED) is 0.939. The molecule has 0 atom stereocenters. The van der Waals surface area contributed by atoms with Gasteiger partial charge in [-0.25, -0.2) is 0 Å². The van der Waals surface area contributed by atoms with Crippen LogP contribution in [0.5, 0.6) is 0 Å². The number of rotatable bonds is 4. The summed E-state index contributed by atoms with van der Waals surface area (Å²) in [6, 6.07) is 4.33. The van der Waals surface area contributed by atoms with Crippen LogP contribution in [-0.4, -0.2) is 22.2 Å². The summed E-state index contributed by atoms with van der Waals surface area (Å²) in [6.07, 6.45) is -3.20. The summed E-state index contributed by atoms with van der Waals surface area (Å²) in [5, 5.41) is 7.77. The summed E-state index contributed by atoms with van der Waals surface area (Å²) >= 11 is 1.30. The number of nitrogens with zero attached hydrogens (tertiary/aromatic N) is 2. The fraction of sp³-hybridized carbons (Fsp3) is 0.273. The largest absolute Gasteiger partial charge is 0.435 e. The molecule has 102 valence electrons. The van der Waals surface area contributed by atoms with Crippen LogP contribution in [0, 0.1) is 0 Å². The Labute approximate surface area is 110 Å². The number of aromatic nitrogens is 2. The van der Waals surface area contributed by atoms with Gasteiger partial charge in [-0.3, -0.25) is 9.48 Å².